The van der Waals surface area contributed by atoms with Crippen molar-refractivity contribution in [2.24, 2.45) is 17.3 Å². The summed E-state index contributed by atoms with van der Waals surface area (Å²) in [5, 5.41) is 10.2. The first-order valence-electron chi connectivity index (χ1n) is 18.4. The van der Waals surface area contributed by atoms with Gasteiger partial charge in [0.1, 0.15) is 21.2 Å². The summed E-state index contributed by atoms with van der Waals surface area (Å²) in [7, 11) is -18.9. The number of carbonyl (C=O) groups is 2. The average molecular weight is 991 g/mol. The maximum absolute atomic E-state index is 14.5. The van der Waals surface area contributed by atoms with E-state index in [0.29, 0.717) is 12.1 Å². The van der Waals surface area contributed by atoms with Crippen LogP contribution in [0.1, 0.15) is 31.8 Å². The predicted octanol–water partition coefficient (Wildman–Crippen LogP) is 4.69. The summed E-state index contributed by atoms with van der Waals surface area (Å²) in [6.45, 7) is 0. The van der Waals surface area contributed by atoms with Crippen LogP contribution in [0.5, 0.6) is 11.8 Å². The van der Waals surface area contributed by atoms with Crippen LogP contribution in [-0.2, 0) is 47.5 Å². The molecule has 0 bridgehead atoms. The Bertz CT molecular complexity index is 3900. The number of carbonyl (C=O) groups excluding carboxylic acids is 2. The highest BCUT2D eigenvalue weighted by Crippen LogP contribution is 2.45. The highest BCUT2D eigenvalue weighted by molar-refractivity contribution is 7.87. The van der Waals surface area contributed by atoms with Gasteiger partial charge in [-0.25, -0.2) is 0 Å². The molecule has 28 heteroatoms. The van der Waals surface area contributed by atoms with E-state index in [2.05, 4.69) is 30.5 Å². The molecular weight excluding hydrogens is 965 g/mol. The number of nitrogens with one attached hydrogen (secondary N) is 1. The third-order valence-corrected chi connectivity index (χ3v) is 13.4. The summed E-state index contributed by atoms with van der Waals surface area (Å²) < 4.78 is 144. The predicted molar refractivity (Wildman–Crippen MR) is 232 cm³/mol. The molecule has 24 nitrogen and oxygen atoms in total. The van der Waals surface area contributed by atoms with Crippen LogP contribution >= 0.6 is 0 Å². The SMILES string of the molecule is Cn1c(=O)c(C(=O)c2cccc(S(=O)(=O)O)c2)c2c3c(c(Nc4cc(N=Nc5nc(N)nc(Oc6ccc(S(=O)(=O)O)cc6)n5)c(S(=O)(=O)O)cc4S(=O)(=O)O)ccc31)C(=O)c1ccccc1-2. The number of ether oxygens (including phenoxy) is 1. The van der Waals surface area contributed by atoms with E-state index in [4.69, 9.17) is 10.5 Å². The Labute approximate surface area is 376 Å². The van der Waals surface area contributed by atoms with Gasteiger partial charge in [0.2, 0.25) is 5.95 Å². The molecule has 0 atom stereocenters. The second-order valence-electron chi connectivity index (χ2n) is 14.1. The molecule has 0 amide bonds. The average Bonchev–Trinajstić information content (AvgIpc) is 3.24. The lowest BCUT2D eigenvalue weighted by molar-refractivity contribution is 0.102. The molecule has 0 spiro atoms. The number of nitrogens with zero attached hydrogens (tertiary/aromatic N) is 6. The number of ketones is 2. The summed E-state index contributed by atoms with van der Waals surface area (Å²) in [6.07, 6.45) is 0. The van der Waals surface area contributed by atoms with Gasteiger partial charge in [-0.3, -0.25) is 32.6 Å². The molecule has 2 heterocycles. The van der Waals surface area contributed by atoms with Gasteiger partial charge in [-0.15, -0.1) is 10.2 Å². The minimum atomic E-state index is -5.42. The van der Waals surface area contributed by atoms with Gasteiger partial charge in [-0.2, -0.15) is 48.6 Å². The number of rotatable bonds is 12. The standard InChI is InChI=1S/C39H26N8O16S4/c1-47-27-14-13-24(31-32(27)30(22-7-2-3-8-23(22)35(31)49)33(36(47)50)34(48)18-5-4-6-21(15-18)65(54,55)56)41-25-16-26(29(67(60,61)62)17-28(25)66(57,58)59)45-46-38-42-37(40)43-39(44-38)63-19-9-11-20(12-10-19)64(51,52)53/h2-17,41H,1H3,(H,51,52,53)(H,54,55,56)(H,57,58,59)(H,60,61,62)(H2,40,42,43,44). The fourth-order valence-electron chi connectivity index (χ4n) is 7.05. The third-order valence-electron chi connectivity index (χ3n) is 9.94. The number of nitrogen functional groups attached to an aromatic ring is 1. The Kier molecular flexibility index (Phi) is 11.2. The molecule has 0 radical (unpaired) electrons. The number of anilines is 3. The number of fused-ring (bicyclic) bond motifs is 2. The lowest BCUT2D eigenvalue weighted by Gasteiger charge is -2.26. The van der Waals surface area contributed by atoms with E-state index in [1.807, 2.05) is 0 Å². The van der Waals surface area contributed by atoms with E-state index in [1.165, 1.54) is 49.5 Å². The summed E-state index contributed by atoms with van der Waals surface area (Å²) in [5.41, 5.74) is 2.05. The van der Waals surface area contributed by atoms with Gasteiger partial charge in [0, 0.05) is 29.1 Å². The summed E-state index contributed by atoms with van der Waals surface area (Å²) >= 11 is 0. The zero-order valence-corrected chi connectivity index (χ0v) is 36.6. The number of azo groups is 1. The number of benzene rings is 5. The van der Waals surface area contributed by atoms with Crippen molar-refractivity contribution < 1.29 is 66.2 Å². The van der Waals surface area contributed by atoms with Gasteiger partial charge in [0.15, 0.2) is 11.6 Å². The monoisotopic (exact) mass is 990 g/mol. The molecule has 342 valence electrons. The minimum Gasteiger partial charge on any atom is -0.424 e. The molecule has 0 saturated heterocycles. The number of hydrogen-bond acceptors (Lipinski definition) is 19. The van der Waals surface area contributed by atoms with Crippen LogP contribution in [0.2, 0.25) is 0 Å². The van der Waals surface area contributed by atoms with Crippen LogP contribution in [-0.4, -0.2) is 83.0 Å². The first kappa shape index (κ1) is 45.9. The first-order valence-corrected chi connectivity index (χ1v) is 24.1. The van der Waals surface area contributed by atoms with Crippen molar-refractivity contribution in [2.75, 3.05) is 11.1 Å². The molecule has 5 aromatic carbocycles. The van der Waals surface area contributed by atoms with E-state index in [9.17, 15) is 66.3 Å². The van der Waals surface area contributed by atoms with Gasteiger partial charge in [-0.05, 0) is 66.2 Å². The topological polar surface area (TPSA) is 384 Å². The smallest absolute Gasteiger partial charge is 0.328 e. The van der Waals surface area contributed by atoms with E-state index < -0.39 is 112 Å². The molecule has 1 aliphatic rings. The fourth-order valence-corrected chi connectivity index (χ4v) is 9.42. The zero-order chi connectivity index (χ0) is 48.5. The summed E-state index contributed by atoms with van der Waals surface area (Å²) in [4.78, 5) is 50.9. The largest absolute Gasteiger partial charge is 0.424 e. The molecule has 0 fully saturated rings. The fraction of sp³-hybridized carbons (Fsp3) is 0.0256. The number of pyridine rings is 1. The minimum absolute atomic E-state index is 0.0345. The van der Waals surface area contributed by atoms with Gasteiger partial charge >= 0.3 is 6.01 Å². The Morgan fingerprint density at radius 1 is 0.672 bits per heavy atom. The quantitative estimate of drug-likeness (QED) is 0.0549. The van der Waals surface area contributed by atoms with Crippen molar-refractivity contribution in [2.45, 2.75) is 19.6 Å². The van der Waals surface area contributed by atoms with Crippen LogP contribution in [0.25, 0.3) is 22.0 Å². The van der Waals surface area contributed by atoms with Crippen molar-refractivity contribution in [3.05, 3.63) is 130 Å². The van der Waals surface area contributed by atoms with Crippen molar-refractivity contribution in [1.29, 1.82) is 0 Å². The molecular formula is C39H26N8O16S4. The maximum atomic E-state index is 14.5. The molecule has 2 aromatic heterocycles. The van der Waals surface area contributed by atoms with Crippen molar-refractivity contribution in [1.82, 2.24) is 19.5 Å². The Hall–Kier alpha value is -7.70. The van der Waals surface area contributed by atoms with Crippen LogP contribution in [0.4, 0.5) is 29.0 Å². The van der Waals surface area contributed by atoms with Gasteiger partial charge in [0.25, 0.3) is 52.0 Å². The molecule has 1 aliphatic carbocycles. The molecule has 0 saturated carbocycles. The summed E-state index contributed by atoms with van der Waals surface area (Å²) in [5.74, 6) is -3.00. The highest BCUT2D eigenvalue weighted by Gasteiger charge is 2.35. The Balaban J connectivity index is 1.29. The highest BCUT2D eigenvalue weighted by atomic mass is 32.2. The van der Waals surface area contributed by atoms with Crippen molar-refractivity contribution in [3.63, 3.8) is 0 Å². The van der Waals surface area contributed by atoms with Gasteiger partial charge in [-0.1, -0.05) is 36.4 Å². The lowest BCUT2D eigenvalue weighted by Crippen LogP contribution is -2.29. The second kappa shape index (κ2) is 16.3. The zero-order valence-electron chi connectivity index (χ0n) is 33.3. The van der Waals surface area contributed by atoms with E-state index in [0.717, 1.165) is 47.0 Å². The van der Waals surface area contributed by atoms with Crippen LogP contribution in [0, 0.1) is 0 Å². The Morgan fingerprint density at radius 3 is 1.97 bits per heavy atom. The lowest BCUT2D eigenvalue weighted by atomic mass is 9.80. The van der Waals surface area contributed by atoms with E-state index >= 15 is 0 Å². The third kappa shape index (κ3) is 8.75. The van der Waals surface area contributed by atoms with Crippen LogP contribution in [0.3, 0.4) is 0 Å². The normalized spacial score (nSPS) is 12.9. The van der Waals surface area contributed by atoms with Gasteiger partial charge in [0.05, 0.1) is 37.8 Å². The van der Waals surface area contributed by atoms with Crippen molar-refractivity contribution in [3.8, 4) is 22.9 Å². The molecule has 7 N–H and O–H groups in total. The number of nitrogens with two attached hydrogens (primary N) is 1. The molecule has 8 rings (SSSR count). The van der Waals surface area contributed by atoms with E-state index in [1.54, 1.807) is 0 Å². The molecule has 67 heavy (non-hydrogen) atoms. The van der Waals surface area contributed by atoms with Crippen molar-refractivity contribution >= 4 is 91.9 Å². The summed E-state index contributed by atoms with van der Waals surface area (Å²) in [6, 6.07) is 17.3. The van der Waals surface area contributed by atoms with Crippen LogP contribution < -0.4 is 21.3 Å². The maximum Gasteiger partial charge on any atom is 0.328 e. The van der Waals surface area contributed by atoms with E-state index in [-0.39, 0.29) is 50.2 Å². The van der Waals surface area contributed by atoms with Gasteiger partial charge < -0.3 is 20.4 Å². The number of hydrogen-bond donors (Lipinski definition) is 6. The first-order chi connectivity index (χ1) is 31.3. The Morgan fingerprint density at radius 2 is 1.33 bits per heavy atom. The number of aryl methyl sites for hydroxylation is 1. The van der Waals surface area contributed by atoms with Crippen LogP contribution in [0.15, 0.2) is 132 Å². The molecule has 0 unspecified atom stereocenters. The second-order valence-corrected chi connectivity index (χ2v) is 19.7. The number of aromatic nitrogens is 4. The molecule has 0 aliphatic heterocycles. The molecule has 7 aromatic rings.